The van der Waals surface area contributed by atoms with E-state index in [1.165, 1.54) is 6.07 Å². The van der Waals surface area contributed by atoms with E-state index in [-0.39, 0.29) is 41.1 Å². The number of phenolic OH excluding ortho intramolecular Hbond substituents is 2. The number of carbonyl (C=O) groups excluding carboxylic acids is 1. The number of Topliss-reactive ketones (excluding diaryl/α,β-unsaturated/α-hetero) is 1. The third-order valence-corrected chi connectivity index (χ3v) is 3.61. The Labute approximate surface area is 130 Å². The van der Waals surface area contributed by atoms with E-state index >= 15 is 0 Å². The lowest BCUT2D eigenvalue weighted by atomic mass is 9.95. The van der Waals surface area contributed by atoms with Crippen LogP contribution in [0.15, 0.2) is 42.5 Å². The highest BCUT2D eigenvalue weighted by Gasteiger charge is 2.23. The summed E-state index contributed by atoms with van der Waals surface area (Å²) in [6.07, 6.45) is 0.664. The van der Waals surface area contributed by atoms with Gasteiger partial charge in [-0.1, -0.05) is 44.2 Å². The molecule has 0 aliphatic rings. The Morgan fingerprint density at radius 3 is 2.50 bits per heavy atom. The number of hydrogen-bond donors (Lipinski definition) is 2. The fraction of sp³-hybridized carbons (Fsp3) is 0.278. The van der Waals surface area contributed by atoms with E-state index in [2.05, 4.69) is 0 Å². The lowest BCUT2D eigenvalue weighted by molar-refractivity contribution is 0.0919. The van der Waals surface area contributed by atoms with Gasteiger partial charge in [0.25, 0.3) is 0 Å². The van der Waals surface area contributed by atoms with Gasteiger partial charge < -0.3 is 14.9 Å². The molecule has 2 rings (SSSR count). The van der Waals surface area contributed by atoms with Crippen molar-refractivity contribution in [1.82, 2.24) is 0 Å². The summed E-state index contributed by atoms with van der Waals surface area (Å²) in [5, 5.41) is 19.7. The van der Waals surface area contributed by atoms with E-state index in [1.807, 2.05) is 37.3 Å². The van der Waals surface area contributed by atoms with Gasteiger partial charge in [0.2, 0.25) is 0 Å². The lowest BCUT2D eigenvalue weighted by Gasteiger charge is -2.15. The number of ketones is 1. The van der Waals surface area contributed by atoms with Crippen LogP contribution in [0.3, 0.4) is 0 Å². The molecule has 2 aromatic carbocycles. The van der Waals surface area contributed by atoms with Crippen LogP contribution >= 0.6 is 0 Å². The Morgan fingerprint density at radius 1 is 1.18 bits per heavy atom. The fourth-order valence-corrected chi connectivity index (χ4v) is 2.12. The Balaban J connectivity index is 2.31. The maximum absolute atomic E-state index is 12.4. The van der Waals surface area contributed by atoms with Gasteiger partial charge in [-0.05, 0) is 12.0 Å². The summed E-state index contributed by atoms with van der Waals surface area (Å²) in [7, 11) is 0. The van der Waals surface area contributed by atoms with Crippen LogP contribution in [0.4, 0.5) is 0 Å². The minimum absolute atomic E-state index is 0.128. The van der Waals surface area contributed by atoms with Crippen molar-refractivity contribution in [2.24, 2.45) is 5.92 Å². The first kappa shape index (κ1) is 15.9. The van der Waals surface area contributed by atoms with Crippen LogP contribution in [-0.4, -0.2) is 16.0 Å². The molecule has 0 unspecified atom stereocenters. The number of carbonyl (C=O) groups is 1. The summed E-state index contributed by atoms with van der Waals surface area (Å²) in [4.78, 5) is 12.4. The maximum Gasteiger partial charge on any atom is 0.173 e. The molecule has 0 spiro atoms. The van der Waals surface area contributed by atoms with Crippen LogP contribution in [0.1, 0.15) is 36.2 Å². The number of benzene rings is 2. The van der Waals surface area contributed by atoms with Gasteiger partial charge in [-0.2, -0.15) is 0 Å². The molecule has 4 heteroatoms. The highest BCUT2D eigenvalue weighted by Crippen LogP contribution is 2.35. The van der Waals surface area contributed by atoms with Crippen LogP contribution in [0, 0.1) is 5.92 Å². The summed E-state index contributed by atoms with van der Waals surface area (Å²) in [5.41, 5.74) is 1.07. The van der Waals surface area contributed by atoms with Crippen molar-refractivity contribution in [3.8, 4) is 17.2 Å². The molecule has 2 N–H and O–H groups in total. The third kappa shape index (κ3) is 3.58. The van der Waals surface area contributed by atoms with E-state index in [1.54, 1.807) is 6.92 Å². The molecule has 4 nitrogen and oxygen atoms in total. The molecule has 0 amide bonds. The highest BCUT2D eigenvalue weighted by atomic mass is 16.5. The average Bonchev–Trinajstić information content (AvgIpc) is 2.52. The molecule has 0 aliphatic carbocycles. The Morgan fingerprint density at radius 2 is 1.86 bits per heavy atom. The summed E-state index contributed by atoms with van der Waals surface area (Å²) >= 11 is 0. The first-order valence-corrected chi connectivity index (χ1v) is 7.29. The van der Waals surface area contributed by atoms with Gasteiger partial charge in [-0.15, -0.1) is 0 Å². The van der Waals surface area contributed by atoms with Crippen LogP contribution < -0.4 is 4.74 Å². The van der Waals surface area contributed by atoms with E-state index in [9.17, 15) is 15.0 Å². The largest absolute Gasteiger partial charge is 0.508 e. The highest BCUT2D eigenvalue weighted by molar-refractivity contribution is 6.02. The second-order valence-electron chi connectivity index (χ2n) is 5.29. The van der Waals surface area contributed by atoms with Crippen molar-refractivity contribution in [1.29, 1.82) is 0 Å². The van der Waals surface area contributed by atoms with Gasteiger partial charge in [-0.3, -0.25) is 4.79 Å². The van der Waals surface area contributed by atoms with Gasteiger partial charge in [0.15, 0.2) is 5.78 Å². The maximum atomic E-state index is 12.4. The first-order chi connectivity index (χ1) is 10.5. The van der Waals surface area contributed by atoms with Crippen LogP contribution in [-0.2, 0) is 6.61 Å². The van der Waals surface area contributed by atoms with Crippen molar-refractivity contribution in [3.05, 3.63) is 53.6 Å². The van der Waals surface area contributed by atoms with Crippen molar-refractivity contribution in [2.45, 2.75) is 26.9 Å². The molecule has 0 radical (unpaired) electrons. The van der Waals surface area contributed by atoms with E-state index in [4.69, 9.17) is 4.74 Å². The number of aromatic hydroxyl groups is 2. The molecule has 0 saturated carbocycles. The molecule has 0 saturated heterocycles. The van der Waals surface area contributed by atoms with E-state index in [0.29, 0.717) is 6.42 Å². The Bertz CT molecular complexity index is 650. The van der Waals surface area contributed by atoms with Crippen molar-refractivity contribution in [3.63, 3.8) is 0 Å². The van der Waals surface area contributed by atoms with Gasteiger partial charge in [-0.25, -0.2) is 0 Å². The molecule has 1 atom stereocenters. The first-order valence-electron chi connectivity index (χ1n) is 7.29. The Hall–Kier alpha value is -2.49. The second-order valence-corrected chi connectivity index (χ2v) is 5.29. The molecule has 0 bridgehead atoms. The monoisotopic (exact) mass is 300 g/mol. The average molecular weight is 300 g/mol. The zero-order valence-electron chi connectivity index (χ0n) is 12.7. The fourth-order valence-electron chi connectivity index (χ4n) is 2.12. The van der Waals surface area contributed by atoms with E-state index < -0.39 is 0 Å². The Kier molecular flexibility index (Phi) is 5.04. The minimum atomic E-state index is -0.256. The van der Waals surface area contributed by atoms with Crippen LogP contribution in [0.25, 0.3) is 0 Å². The molecule has 0 aromatic heterocycles. The zero-order valence-corrected chi connectivity index (χ0v) is 12.7. The molecular weight excluding hydrogens is 280 g/mol. The van der Waals surface area contributed by atoms with Gasteiger partial charge in [0.05, 0.1) is 0 Å². The number of hydrogen-bond acceptors (Lipinski definition) is 4. The summed E-state index contributed by atoms with van der Waals surface area (Å²) in [5.74, 6) is -0.612. The third-order valence-electron chi connectivity index (χ3n) is 3.61. The minimum Gasteiger partial charge on any atom is -0.508 e. The standard InChI is InChI=1S/C18H20O4/c1-3-12(2)18(21)17-15(20)9-14(19)10-16(17)22-11-13-7-5-4-6-8-13/h4-10,12,19-20H,3,11H2,1-2H3/t12-/m0/s1. The molecule has 0 aliphatic heterocycles. The normalized spacial score (nSPS) is 11.9. The van der Waals surface area contributed by atoms with Gasteiger partial charge >= 0.3 is 0 Å². The lowest BCUT2D eigenvalue weighted by Crippen LogP contribution is -2.12. The predicted molar refractivity (Wildman–Crippen MR) is 84.3 cm³/mol. The van der Waals surface area contributed by atoms with Gasteiger partial charge in [0, 0.05) is 18.1 Å². The summed E-state index contributed by atoms with van der Waals surface area (Å²) in [6.45, 7) is 3.96. The SMILES string of the molecule is CC[C@H](C)C(=O)c1c(O)cc(O)cc1OCc1ccccc1. The molecular formula is C18H20O4. The number of ether oxygens (including phenoxy) is 1. The topological polar surface area (TPSA) is 66.8 Å². The molecule has 116 valence electrons. The van der Waals surface area contributed by atoms with Crippen LogP contribution in [0.2, 0.25) is 0 Å². The van der Waals surface area contributed by atoms with E-state index in [0.717, 1.165) is 11.6 Å². The molecule has 22 heavy (non-hydrogen) atoms. The van der Waals surface area contributed by atoms with Crippen molar-refractivity contribution >= 4 is 5.78 Å². The quantitative estimate of drug-likeness (QED) is 0.794. The van der Waals surface area contributed by atoms with Crippen LogP contribution in [0.5, 0.6) is 17.2 Å². The molecule has 2 aromatic rings. The summed E-state index contributed by atoms with van der Waals surface area (Å²) in [6, 6.07) is 12.0. The van der Waals surface area contributed by atoms with Gasteiger partial charge in [0.1, 0.15) is 29.4 Å². The van der Waals surface area contributed by atoms with Crippen molar-refractivity contribution in [2.75, 3.05) is 0 Å². The smallest absolute Gasteiger partial charge is 0.173 e. The molecule has 0 fully saturated rings. The zero-order chi connectivity index (χ0) is 16.1. The predicted octanol–water partition coefficient (Wildman–Crippen LogP) is 3.91. The number of phenols is 2. The second kappa shape index (κ2) is 6.98. The molecule has 0 heterocycles. The number of rotatable bonds is 6. The van der Waals surface area contributed by atoms with Crippen molar-refractivity contribution < 1.29 is 19.7 Å². The summed E-state index contributed by atoms with van der Waals surface area (Å²) < 4.78 is 5.66.